The fourth-order valence-corrected chi connectivity index (χ4v) is 4.08. The highest BCUT2D eigenvalue weighted by atomic mass is 16.2. The number of hydrogen-bond donors (Lipinski definition) is 0. The predicted octanol–water partition coefficient (Wildman–Crippen LogP) is 3.03. The zero-order valence-corrected chi connectivity index (χ0v) is 16.1. The molecule has 5 heteroatoms. The van der Waals surface area contributed by atoms with Crippen LogP contribution in [0, 0.1) is 0 Å². The van der Waals surface area contributed by atoms with Gasteiger partial charge in [-0.2, -0.15) is 0 Å². The Morgan fingerprint density at radius 1 is 1.04 bits per heavy atom. The number of nitrogens with zero attached hydrogens (tertiary/aromatic N) is 4. The molecule has 0 aliphatic carbocycles. The zero-order chi connectivity index (χ0) is 18.6. The van der Waals surface area contributed by atoms with Crippen molar-refractivity contribution in [2.75, 3.05) is 37.6 Å². The molecule has 1 atom stereocenters. The van der Waals surface area contributed by atoms with E-state index in [0.717, 1.165) is 57.9 Å². The van der Waals surface area contributed by atoms with Crippen LogP contribution in [0.5, 0.6) is 0 Å². The van der Waals surface area contributed by atoms with E-state index in [-0.39, 0.29) is 5.91 Å². The van der Waals surface area contributed by atoms with E-state index in [1.807, 2.05) is 17.0 Å². The van der Waals surface area contributed by atoms with E-state index in [4.69, 9.17) is 0 Å². The fraction of sp³-hybridized carbons (Fsp3) is 0.455. The van der Waals surface area contributed by atoms with E-state index in [0.29, 0.717) is 11.6 Å². The Kier molecular flexibility index (Phi) is 5.39. The molecule has 1 unspecified atom stereocenters. The Labute approximate surface area is 161 Å². The minimum atomic E-state index is 0.117. The van der Waals surface area contributed by atoms with Gasteiger partial charge in [0, 0.05) is 51.5 Å². The first-order chi connectivity index (χ1) is 13.2. The van der Waals surface area contributed by atoms with Gasteiger partial charge in [-0.05, 0) is 37.5 Å². The van der Waals surface area contributed by atoms with Crippen LogP contribution in [0.25, 0.3) is 0 Å². The lowest BCUT2D eigenvalue weighted by Gasteiger charge is -2.35. The molecule has 27 heavy (non-hydrogen) atoms. The molecule has 4 rings (SSSR count). The number of carbonyl (C=O) groups excluding carboxylic acids is 1. The Morgan fingerprint density at radius 2 is 1.81 bits per heavy atom. The van der Waals surface area contributed by atoms with Gasteiger partial charge < -0.3 is 9.80 Å². The highest BCUT2D eigenvalue weighted by Gasteiger charge is 2.26. The highest BCUT2D eigenvalue weighted by Crippen LogP contribution is 2.21. The number of anilines is 1. The lowest BCUT2D eigenvalue weighted by Crippen LogP contribution is -2.46. The summed E-state index contributed by atoms with van der Waals surface area (Å²) in [6.07, 6.45) is 3.95. The van der Waals surface area contributed by atoms with Gasteiger partial charge in [-0.3, -0.25) is 9.69 Å². The maximum atomic E-state index is 12.6. The third-order valence-electron chi connectivity index (χ3n) is 5.75. The lowest BCUT2D eigenvalue weighted by molar-refractivity contribution is 0.0747. The second kappa shape index (κ2) is 8.09. The van der Waals surface area contributed by atoms with Crippen LogP contribution in [0.2, 0.25) is 0 Å². The minimum absolute atomic E-state index is 0.117. The van der Waals surface area contributed by atoms with Crippen molar-refractivity contribution in [1.82, 2.24) is 14.8 Å². The van der Waals surface area contributed by atoms with E-state index < -0.39 is 0 Å². The summed E-state index contributed by atoms with van der Waals surface area (Å²) in [5.41, 5.74) is 2.07. The average Bonchev–Trinajstić information content (AvgIpc) is 3.15. The monoisotopic (exact) mass is 364 g/mol. The first-order valence-corrected chi connectivity index (χ1v) is 9.99. The second-order valence-electron chi connectivity index (χ2n) is 7.64. The quantitative estimate of drug-likeness (QED) is 0.836. The van der Waals surface area contributed by atoms with Gasteiger partial charge in [-0.25, -0.2) is 4.98 Å². The van der Waals surface area contributed by atoms with Crippen LogP contribution in [0.15, 0.2) is 48.7 Å². The van der Waals surface area contributed by atoms with Crippen molar-refractivity contribution in [3.8, 4) is 0 Å². The number of piperazine rings is 1. The summed E-state index contributed by atoms with van der Waals surface area (Å²) in [5.74, 6) is 1.09. The Hall–Kier alpha value is -2.40. The molecule has 0 bridgehead atoms. The third kappa shape index (κ3) is 4.14. The number of benzene rings is 1. The van der Waals surface area contributed by atoms with E-state index in [9.17, 15) is 4.79 Å². The number of pyridine rings is 1. The number of carbonyl (C=O) groups is 1. The van der Waals surface area contributed by atoms with Crippen LogP contribution in [-0.2, 0) is 6.54 Å². The van der Waals surface area contributed by atoms with Crippen LogP contribution in [0.4, 0.5) is 5.82 Å². The molecule has 2 aliphatic heterocycles. The molecular weight excluding hydrogens is 336 g/mol. The molecule has 2 aromatic rings. The number of aromatic nitrogens is 1. The van der Waals surface area contributed by atoms with Crippen molar-refractivity contribution >= 4 is 11.7 Å². The van der Waals surface area contributed by atoms with Gasteiger partial charge >= 0.3 is 0 Å². The molecule has 0 radical (unpaired) electrons. The van der Waals surface area contributed by atoms with E-state index in [1.165, 1.54) is 5.56 Å². The predicted molar refractivity (Wildman–Crippen MR) is 108 cm³/mol. The molecule has 1 aromatic heterocycles. The van der Waals surface area contributed by atoms with Crippen molar-refractivity contribution in [1.29, 1.82) is 0 Å². The van der Waals surface area contributed by atoms with Gasteiger partial charge in [-0.1, -0.05) is 30.3 Å². The number of rotatable bonds is 4. The SMILES string of the molecule is CC1CCCN1C(=O)c1ccc(N2CCN(Cc3ccccc3)CC2)nc1. The second-order valence-corrected chi connectivity index (χ2v) is 7.64. The normalized spacial score (nSPS) is 20.9. The largest absolute Gasteiger partial charge is 0.354 e. The number of amides is 1. The van der Waals surface area contributed by atoms with Crippen LogP contribution in [0.3, 0.4) is 0 Å². The molecule has 3 heterocycles. The summed E-state index contributed by atoms with van der Waals surface area (Å²) in [5, 5.41) is 0. The molecule has 0 spiro atoms. The van der Waals surface area contributed by atoms with Gasteiger partial charge in [0.1, 0.15) is 5.82 Å². The zero-order valence-electron chi connectivity index (χ0n) is 16.1. The highest BCUT2D eigenvalue weighted by molar-refractivity contribution is 5.94. The van der Waals surface area contributed by atoms with Gasteiger partial charge in [0.15, 0.2) is 0 Å². The van der Waals surface area contributed by atoms with E-state index >= 15 is 0 Å². The van der Waals surface area contributed by atoms with Crippen molar-refractivity contribution < 1.29 is 4.79 Å². The maximum absolute atomic E-state index is 12.6. The van der Waals surface area contributed by atoms with E-state index in [2.05, 4.69) is 52.0 Å². The molecular formula is C22H28N4O. The first kappa shape index (κ1) is 18.0. The number of hydrogen-bond acceptors (Lipinski definition) is 4. The van der Waals surface area contributed by atoms with Gasteiger partial charge in [0.25, 0.3) is 5.91 Å². The molecule has 0 saturated carbocycles. The molecule has 142 valence electrons. The van der Waals surface area contributed by atoms with Gasteiger partial charge in [-0.15, -0.1) is 0 Å². The van der Waals surface area contributed by atoms with Crippen LogP contribution >= 0.6 is 0 Å². The number of likely N-dealkylation sites (tertiary alicyclic amines) is 1. The van der Waals surface area contributed by atoms with Crippen molar-refractivity contribution in [3.05, 3.63) is 59.8 Å². The molecule has 1 amide bonds. The molecule has 2 fully saturated rings. The van der Waals surface area contributed by atoms with Gasteiger partial charge in [0.2, 0.25) is 0 Å². The Bertz CT molecular complexity index is 754. The summed E-state index contributed by atoms with van der Waals surface area (Å²) in [6.45, 7) is 7.99. The Balaban J connectivity index is 1.33. The summed E-state index contributed by atoms with van der Waals surface area (Å²) in [6, 6.07) is 14.9. The van der Waals surface area contributed by atoms with Gasteiger partial charge in [0.05, 0.1) is 5.56 Å². The fourth-order valence-electron chi connectivity index (χ4n) is 4.08. The molecule has 5 nitrogen and oxygen atoms in total. The smallest absolute Gasteiger partial charge is 0.255 e. The molecule has 2 aliphatic rings. The summed E-state index contributed by atoms with van der Waals surface area (Å²) in [4.78, 5) is 24.0. The average molecular weight is 364 g/mol. The van der Waals surface area contributed by atoms with E-state index in [1.54, 1.807) is 6.20 Å². The standard InChI is InChI=1S/C22H28N4O/c1-18-6-5-11-26(18)22(27)20-9-10-21(23-16-20)25-14-12-24(13-15-25)17-19-7-3-2-4-8-19/h2-4,7-10,16,18H,5-6,11-15,17H2,1H3. The summed E-state index contributed by atoms with van der Waals surface area (Å²) < 4.78 is 0. The third-order valence-corrected chi connectivity index (χ3v) is 5.75. The van der Waals surface area contributed by atoms with Crippen molar-refractivity contribution in [3.63, 3.8) is 0 Å². The minimum Gasteiger partial charge on any atom is -0.354 e. The molecule has 2 saturated heterocycles. The molecule has 0 N–H and O–H groups in total. The topological polar surface area (TPSA) is 39.7 Å². The summed E-state index contributed by atoms with van der Waals surface area (Å²) in [7, 11) is 0. The Morgan fingerprint density at radius 3 is 2.44 bits per heavy atom. The van der Waals surface area contributed by atoms with Crippen LogP contribution in [0.1, 0.15) is 35.7 Å². The van der Waals surface area contributed by atoms with Crippen LogP contribution in [-0.4, -0.2) is 59.5 Å². The van der Waals surface area contributed by atoms with Crippen LogP contribution < -0.4 is 4.90 Å². The van der Waals surface area contributed by atoms with Crippen molar-refractivity contribution in [2.24, 2.45) is 0 Å². The lowest BCUT2D eigenvalue weighted by atomic mass is 10.2. The maximum Gasteiger partial charge on any atom is 0.255 e. The van der Waals surface area contributed by atoms with Crippen molar-refractivity contribution in [2.45, 2.75) is 32.4 Å². The molecule has 1 aromatic carbocycles. The summed E-state index contributed by atoms with van der Waals surface area (Å²) >= 11 is 0. The first-order valence-electron chi connectivity index (χ1n) is 9.99.